The molecule has 0 saturated heterocycles. The highest BCUT2D eigenvalue weighted by atomic mass is 16.5. The molecular formula is C39H37N9O4. The molecule has 262 valence electrons. The van der Waals surface area contributed by atoms with E-state index in [-0.39, 0.29) is 32.0 Å². The Morgan fingerprint density at radius 3 is 2.25 bits per heavy atom. The molecule has 1 aliphatic rings. The molecule has 6 rings (SSSR count). The number of aliphatic hydroxyl groups is 1. The van der Waals surface area contributed by atoms with Crippen LogP contribution in [-0.2, 0) is 35.6 Å². The normalized spacial score (nSPS) is 16.2. The largest absolute Gasteiger partial charge is 0.494 e. The van der Waals surface area contributed by atoms with Crippen molar-refractivity contribution in [2.24, 2.45) is 15.2 Å². The summed E-state index contributed by atoms with van der Waals surface area (Å²) in [4.78, 5) is 25.9. The van der Waals surface area contributed by atoms with E-state index in [1.807, 2.05) is 91.0 Å². The van der Waals surface area contributed by atoms with E-state index < -0.39 is 17.6 Å². The molecule has 3 N–H and O–H groups in total. The summed E-state index contributed by atoms with van der Waals surface area (Å²) in [6.45, 7) is 0.840. The lowest BCUT2D eigenvalue weighted by Gasteiger charge is -2.32. The second kappa shape index (κ2) is 17.0. The van der Waals surface area contributed by atoms with Crippen LogP contribution in [0.5, 0.6) is 5.75 Å². The molecule has 0 radical (unpaired) electrons. The highest BCUT2D eigenvalue weighted by Crippen LogP contribution is 2.44. The van der Waals surface area contributed by atoms with Gasteiger partial charge in [-0.15, -0.1) is 0 Å². The summed E-state index contributed by atoms with van der Waals surface area (Å²) in [5.41, 5.74) is 27.2. The van der Waals surface area contributed by atoms with Crippen molar-refractivity contribution in [2.75, 3.05) is 13.2 Å². The zero-order chi connectivity index (χ0) is 36.2. The van der Waals surface area contributed by atoms with Crippen molar-refractivity contribution < 1.29 is 19.4 Å². The molecule has 0 bridgehead atoms. The summed E-state index contributed by atoms with van der Waals surface area (Å²) in [6, 6.07) is 36.0. The number of ether oxygens (including phenoxy) is 2. The van der Waals surface area contributed by atoms with Crippen molar-refractivity contribution in [3.05, 3.63) is 170 Å². The fourth-order valence-electron chi connectivity index (χ4n) is 6.36. The Bertz CT molecular complexity index is 2160. The number of fused-ring (bicyclic) bond motifs is 1. The molecule has 0 unspecified atom stereocenters. The number of nitrogens with one attached hydrogen (secondary N) is 2. The summed E-state index contributed by atoms with van der Waals surface area (Å²) in [5, 5.41) is 18.9. The number of hydrazine groups is 1. The molecular weight excluding hydrogens is 658 g/mol. The van der Waals surface area contributed by atoms with Crippen LogP contribution in [-0.4, -0.2) is 35.7 Å². The van der Waals surface area contributed by atoms with Crippen LogP contribution in [0.25, 0.3) is 31.7 Å². The predicted molar refractivity (Wildman–Crippen MR) is 198 cm³/mol. The lowest BCUT2D eigenvalue weighted by Crippen LogP contribution is -2.54. The summed E-state index contributed by atoms with van der Waals surface area (Å²) < 4.78 is 12.4. The first-order valence-electron chi connectivity index (χ1n) is 16.8. The highest BCUT2D eigenvalue weighted by molar-refractivity contribution is 6.01. The zero-order valence-corrected chi connectivity index (χ0v) is 28.3. The number of rotatable bonds is 16. The van der Waals surface area contributed by atoms with E-state index in [2.05, 4.69) is 30.9 Å². The molecule has 1 amide bonds. The van der Waals surface area contributed by atoms with Gasteiger partial charge in [0.25, 0.3) is 5.91 Å². The molecule has 0 saturated carbocycles. The smallest absolute Gasteiger partial charge is 0.266 e. The van der Waals surface area contributed by atoms with Gasteiger partial charge in [0, 0.05) is 41.4 Å². The Kier molecular flexibility index (Phi) is 11.6. The molecule has 13 heteroatoms. The maximum absolute atomic E-state index is 14.9. The van der Waals surface area contributed by atoms with Gasteiger partial charge >= 0.3 is 0 Å². The van der Waals surface area contributed by atoms with E-state index >= 15 is 0 Å². The molecule has 13 nitrogen and oxygen atoms in total. The summed E-state index contributed by atoms with van der Waals surface area (Å²) in [7, 11) is 0. The van der Waals surface area contributed by atoms with Crippen LogP contribution in [0, 0.1) is 0 Å². The zero-order valence-electron chi connectivity index (χ0n) is 28.3. The number of carbonyl (C=O) groups excluding carboxylic acids is 1. The first kappa shape index (κ1) is 35.5. The Hall–Kier alpha value is -6.36. The summed E-state index contributed by atoms with van der Waals surface area (Å²) >= 11 is 0. The van der Waals surface area contributed by atoms with Crippen LogP contribution < -0.4 is 15.6 Å². The monoisotopic (exact) mass is 695 g/mol. The van der Waals surface area contributed by atoms with Crippen molar-refractivity contribution in [3.63, 3.8) is 0 Å². The van der Waals surface area contributed by atoms with E-state index in [4.69, 9.17) is 25.1 Å². The SMILES string of the molecule is [N-]=[N+]=NCc1ccccc1C[C@]1(C(=O)NNCc2cccc3ccccc23)N=C(c2ccc(OCCCO)cc2)O[C@H]1c1ccccc1CN=[N+]=[N-]. The number of carbonyl (C=O) groups is 1. The van der Waals surface area contributed by atoms with Gasteiger partial charge in [-0.1, -0.05) is 101 Å². The highest BCUT2D eigenvalue weighted by Gasteiger charge is 2.54. The Morgan fingerprint density at radius 1 is 0.827 bits per heavy atom. The van der Waals surface area contributed by atoms with E-state index in [0.29, 0.717) is 42.0 Å². The van der Waals surface area contributed by atoms with Crippen molar-refractivity contribution in [1.29, 1.82) is 0 Å². The fourth-order valence-corrected chi connectivity index (χ4v) is 6.36. The summed E-state index contributed by atoms with van der Waals surface area (Å²) in [5.74, 6) is 0.400. The second-order valence-corrected chi connectivity index (χ2v) is 12.2. The van der Waals surface area contributed by atoms with Crippen molar-refractivity contribution in [1.82, 2.24) is 10.9 Å². The fraction of sp³-hybridized carbons (Fsp3) is 0.231. The van der Waals surface area contributed by atoms with E-state index in [0.717, 1.165) is 27.5 Å². The lowest BCUT2D eigenvalue weighted by atomic mass is 9.80. The number of nitrogens with zero attached hydrogens (tertiary/aromatic N) is 7. The minimum Gasteiger partial charge on any atom is -0.494 e. The molecule has 0 aliphatic carbocycles. The van der Waals surface area contributed by atoms with Gasteiger partial charge in [0.1, 0.15) is 5.75 Å². The number of hydrogen-bond acceptors (Lipinski definition) is 8. The van der Waals surface area contributed by atoms with Gasteiger partial charge in [-0.2, -0.15) is 0 Å². The molecule has 1 heterocycles. The van der Waals surface area contributed by atoms with Crippen LogP contribution in [0.4, 0.5) is 0 Å². The predicted octanol–water partition coefficient (Wildman–Crippen LogP) is 7.54. The van der Waals surface area contributed by atoms with Gasteiger partial charge in [-0.05, 0) is 73.9 Å². The molecule has 1 aliphatic heterocycles. The van der Waals surface area contributed by atoms with Crippen LogP contribution in [0.3, 0.4) is 0 Å². The Morgan fingerprint density at radius 2 is 1.48 bits per heavy atom. The van der Waals surface area contributed by atoms with Crippen LogP contribution >= 0.6 is 0 Å². The Labute approximate surface area is 300 Å². The van der Waals surface area contributed by atoms with E-state index in [9.17, 15) is 10.3 Å². The minimum atomic E-state index is -1.59. The molecule has 2 atom stereocenters. The standard InChI is InChI=1S/C39H37N9O4/c40-47-43-24-30-11-2-1-10-29(30)23-39(38(50)46-42-25-31-14-7-13-27-9-3-5-15-34(27)31)36(35-16-6-4-12-32(35)26-44-48-41)52-37(45-39)28-17-19-33(20-18-28)51-22-8-21-49/h1-7,9-20,36,42,49H,8,21-26H2,(H,46,50)/t36-,39-/m0/s1. The van der Waals surface area contributed by atoms with Crippen molar-refractivity contribution in [3.8, 4) is 5.75 Å². The van der Waals surface area contributed by atoms with Gasteiger partial charge < -0.3 is 14.6 Å². The average molecular weight is 696 g/mol. The number of azide groups is 2. The van der Waals surface area contributed by atoms with Crippen LogP contribution in [0.15, 0.2) is 130 Å². The number of aliphatic imine (C=N–C) groups is 1. The number of aliphatic hydroxyl groups excluding tert-OH is 1. The molecule has 0 spiro atoms. The van der Waals surface area contributed by atoms with Crippen molar-refractivity contribution in [2.45, 2.75) is 44.1 Å². The van der Waals surface area contributed by atoms with E-state index in [1.165, 1.54) is 0 Å². The summed E-state index contributed by atoms with van der Waals surface area (Å²) in [6.07, 6.45) is -0.375. The van der Waals surface area contributed by atoms with Gasteiger partial charge in [0.05, 0.1) is 19.7 Å². The number of hydrogen-bond donors (Lipinski definition) is 3. The number of benzene rings is 5. The van der Waals surface area contributed by atoms with Crippen LogP contribution in [0.1, 0.15) is 45.9 Å². The van der Waals surface area contributed by atoms with E-state index in [1.54, 1.807) is 24.3 Å². The molecule has 5 aromatic rings. The molecule has 52 heavy (non-hydrogen) atoms. The van der Waals surface area contributed by atoms with Gasteiger partial charge in [-0.25, -0.2) is 10.4 Å². The molecule has 0 aromatic heterocycles. The van der Waals surface area contributed by atoms with Gasteiger partial charge in [-0.3, -0.25) is 10.2 Å². The average Bonchev–Trinajstić information content (AvgIpc) is 3.57. The maximum Gasteiger partial charge on any atom is 0.266 e. The topological polar surface area (TPSA) is 190 Å². The maximum atomic E-state index is 14.9. The second-order valence-electron chi connectivity index (χ2n) is 12.2. The quantitative estimate of drug-likeness (QED) is 0.0315. The third-order valence-corrected chi connectivity index (χ3v) is 8.92. The minimum absolute atomic E-state index is 0.0260. The van der Waals surface area contributed by atoms with Gasteiger partial charge in [0.15, 0.2) is 11.6 Å². The number of amides is 1. The molecule has 5 aromatic carbocycles. The third-order valence-electron chi connectivity index (χ3n) is 8.92. The van der Waals surface area contributed by atoms with Gasteiger partial charge in [0.2, 0.25) is 5.90 Å². The third kappa shape index (κ3) is 7.99. The van der Waals surface area contributed by atoms with Crippen molar-refractivity contribution >= 4 is 22.6 Å². The first-order valence-corrected chi connectivity index (χ1v) is 16.8. The lowest BCUT2D eigenvalue weighted by molar-refractivity contribution is -0.130. The molecule has 0 fully saturated rings. The Balaban J connectivity index is 1.44. The van der Waals surface area contributed by atoms with Crippen LogP contribution in [0.2, 0.25) is 0 Å². The first-order chi connectivity index (χ1) is 25.6.